The van der Waals surface area contributed by atoms with Crippen molar-refractivity contribution >= 4 is 46.0 Å². The largest absolute Gasteiger partial charge is 0.306 e. The first-order chi connectivity index (χ1) is 11.7. The molecule has 0 unspecified atom stereocenters. The van der Waals surface area contributed by atoms with E-state index in [-0.39, 0.29) is 5.91 Å². The number of thioether (sulfide) groups is 1. The molecule has 4 rings (SSSR count). The molecule has 1 amide bonds. The van der Waals surface area contributed by atoms with Crippen LogP contribution in [0.5, 0.6) is 0 Å². The van der Waals surface area contributed by atoms with E-state index in [0.717, 1.165) is 28.5 Å². The maximum Gasteiger partial charge on any atom is 0.277 e. The molecule has 3 heterocycles. The van der Waals surface area contributed by atoms with Crippen molar-refractivity contribution in [2.75, 3.05) is 11.4 Å². The average molecular weight is 373 g/mol. The third kappa shape index (κ3) is 3.01. The Labute approximate surface area is 153 Å². The van der Waals surface area contributed by atoms with Crippen molar-refractivity contribution in [3.05, 3.63) is 52.9 Å². The van der Waals surface area contributed by atoms with E-state index in [2.05, 4.69) is 18.0 Å². The number of benzene rings is 1. The van der Waals surface area contributed by atoms with Crippen LogP contribution in [0.4, 0.5) is 5.69 Å². The standard InChI is InChI=1S/C18H16N2OS3/c1-12-8-9-20(14-5-2-3-6-15(14)24-12)18(21)13-11-23-17(19-13)16-7-4-10-22-16/h2-7,10-12H,8-9H2,1H3/t12-/m1/s1. The van der Waals surface area contributed by atoms with Crippen LogP contribution < -0.4 is 4.90 Å². The Balaban J connectivity index is 1.67. The maximum absolute atomic E-state index is 13.1. The number of aromatic nitrogens is 1. The zero-order chi connectivity index (χ0) is 16.5. The second kappa shape index (κ2) is 6.70. The van der Waals surface area contributed by atoms with E-state index in [0.29, 0.717) is 10.9 Å². The summed E-state index contributed by atoms with van der Waals surface area (Å²) < 4.78 is 0. The molecule has 0 spiro atoms. The van der Waals surface area contributed by atoms with Crippen LogP contribution in [0.15, 0.2) is 52.1 Å². The van der Waals surface area contributed by atoms with E-state index in [4.69, 9.17) is 0 Å². The van der Waals surface area contributed by atoms with Crippen molar-refractivity contribution in [2.45, 2.75) is 23.5 Å². The average Bonchev–Trinajstić information content (AvgIpc) is 3.24. The number of anilines is 1. The minimum absolute atomic E-state index is 0.00351. The van der Waals surface area contributed by atoms with Crippen molar-refractivity contribution in [2.24, 2.45) is 0 Å². The van der Waals surface area contributed by atoms with Crippen molar-refractivity contribution in [3.63, 3.8) is 0 Å². The van der Waals surface area contributed by atoms with Crippen LogP contribution >= 0.6 is 34.4 Å². The fourth-order valence-corrected chi connectivity index (χ4v) is 5.44. The number of para-hydroxylation sites is 1. The van der Waals surface area contributed by atoms with E-state index in [1.54, 1.807) is 11.3 Å². The fourth-order valence-electron chi connectivity index (χ4n) is 2.72. The molecule has 0 radical (unpaired) electrons. The predicted molar refractivity (Wildman–Crippen MR) is 103 cm³/mol. The summed E-state index contributed by atoms with van der Waals surface area (Å²) in [5.74, 6) is -0.00351. The highest BCUT2D eigenvalue weighted by atomic mass is 32.2. The second-order valence-corrected chi connectivity index (χ2v) is 8.94. The van der Waals surface area contributed by atoms with Gasteiger partial charge in [-0.25, -0.2) is 4.98 Å². The van der Waals surface area contributed by atoms with Gasteiger partial charge < -0.3 is 4.90 Å². The van der Waals surface area contributed by atoms with Gasteiger partial charge in [-0.05, 0) is 30.0 Å². The van der Waals surface area contributed by atoms with Gasteiger partial charge in [0.05, 0.1) is 10.6 Å². The third-order valence-corrected chi connectivity index (χ3v) is 7.06. The fraction of sp³-hybridized carbons (Fsp3) is 0.222. The molecule has 3 aromatic rings. The number of nitrogens with zero attached hydrogens (tertiary/aromatic N) is 2. The summed E-state index contributed by atoms with van der Waals surface area (Å²) in [5, 5.41) is 5.32. The molecule has 2 aromatic heterocycles. The molecule has 122 valence electrons. The summed E-state index contributed by atoms with van der Waals surface area (Å²) in [6, 6.07) is 12.2. The summed E-state index contributed by atoms with van der Waals surface area (Å²) in [4.78, 5) is 21.8. The number of hydrogen-bond acceptors (Lipinski definition) is 5. The van der Waals surface area contributed by atoms with Gasteiger partial charge >= 0.3 is 0 Å². The van der Waals surface area contributed by atoms with Gasteiger partial charge in [-0.2, -0.15) is 0 Å². The van der Waals surface area contributed by atoms with Crippen LogP contribution in [-0.2, 0) is 0 Å². The first-order valence-corrected chi connectivity index (χ1v) is 10.4. The first-order valence-electron chi connectivity index (χ1n) is 7.79. The molecule has 3 nitrogen and oxygen atoms in total. The number of carbonyl (C=O) groups excluding carboxylic acids is 1. The second-order valence-electron chi connectivity index (χ2n) is 5.66. The highest BCUT2D eigenvalue weighted by molar-refractivity contribution is 8.00. The van der Waals surface area contributed by atoms with Gasteiger partial charge in [0, 0.05) is 22.1 Å². The van der Waals surface area contributed by atoms with Gasteiger partial charge in [-0.15, -0.1) is 34.4 Å². The number of carbonyl (C=O) groups is 1. The molecule has 0 aliphatic carbocycles. The van der Waals surface area contributed by atoms with Crippen molar-refractivity contribution in [3.8, 4) is 9.88 Å². The number of hydrogen-bond donors (Lipinski definition) is 0. The summed E-state index contributed by atoms with van der Waals surface area (Å²) in [6.45, 7) is 2.95. The molecule has 1 aromatic carbocycles. The SMILES string of the molecule is C[C@@H]1CCN(C(=O)c2csc(-c3cccs3)n2)c2ccccc2S1. The molecule has 0 bridgehead atoms. The Morgan fingerprint density at radius 1 is 1.21 bits per heavy atom. The quantitative estimate of drug-likeness (QED) is 0.603. The summed E-state index contributed by atoms with van der Waals surface area (Å²) >= 11 is 5.02. The molecular formula is C18H16N2OS3. The predicted octanol–water partition coefficient (Wildman–Crippen LogP) is 5.40. The molecular weight excluding hydrogens is 356 g/mol. The lowest BCUT2D eigenvalue weighted by Gasteiger charge is -2.21. The zero-order valence-corrected chi connectivity index (χ0v) is 15.6. The topological polar surface area (TPSA) is 33.2 Å². The van der Waals surface area contributed by atoms with Crippen LogP contribution in [0.3, 0.4) is 0 Å². The smallest absolute Gasteiger partial charge is 0.277 e. The summed E-state index contributed by atoms with van der Waals surface area (Å²) in [7, 11) is 0. The maximum atomic E-state index is 13.1. The minimum atomic E-state index is -0.00351. The molecule has 0 saturated heterocycles. The third-order valence-electron chi connectivity index (χ3n) is 3.94. The number of thiazole rings is 1. The Morgan fingerprint density at radius 3 is 2.92 bits per heavy atom. The summed E-state index contributed by atoms with van der Waals surface area (Å²) in [6.07, 6.45) is 0.979. The van der Waals surface area contributed by atoms with E-state index in [1.165, 1.54) is 16.2 Å². The van der Waals surface area contributed by atoms with Crippen LogP contribution in [-0.4, -0.2) is 22.7 Å². The lowest BCUT2D eigenvalue weighted by molar-refractivity contribution is 0.0982. The van der Waals surface area contributed by atoms with Crippen LogP contribution in [0.2, 0.25) is 0 Å². The van der Waals surface area contributed by atoms with Gasteiger partial charge in [0.2, 0.25) is 0 Å². The van der Waals surface area contributed by atoms with Gasteiger partial charge in [0.25, 0.3) is 5.91 Å². The minimum Gasteiger partial charge on any atom is -0.306 e. The van der Waals surface area contributed by atoms with Crippen LogP contribution in [0.1, 0.15) is 23.8 Å². The molecule has 1 aliphatic heterocycles. The van der Waals surface area contributed by atoms with Gasteiger partial charge in [-0.3, -0.25) is 4.79 Å². The molecule has 0 saturated carbocycles. The van der Waals surface area contributed by atoms with Gasteiger partial charge in [0.15, 0.2) is 0 Å². The Hall–Kier alpha value is -1.63. The highest BCUT2D eigenvalue weighted by Gasteiger charge is 2.26. The Bertz CT molecular complexity index is 857. The van der Waals surface area contributed by atoms with Crippen LogP contribution in [0.25, 0.3) is 9.88 Å². The van der Waals surface area contributed by atoms with Gasteiger partial charge in [0.1, 0.15) is 10.7 Å². The van der Waals surface area contributed by atoms with Crippen molar-refractivity contribution in [1.29, 1.82) is 0 Å². The number of amides is 1. The molecule has 0 fully saturated rings. The lowest BCUT2D eigenvalue weighted by atomic mass is 10.2. The number of thiophene rings is 1. The first kappa shape index (κ1) is 15.9. The Morgan fingerprint density at radius 2 is 2.08 bits per heavy atom. The molecule has 6 heteroatoms. The highest BCUT2D eigenvalue weighted by Crippen LogP contribution is 2.38. The molecule has 1 aliphatic rings. The van der Waals surface area contributed by atoms with E-state index >= 15 is 0 Å². The Kier molecular flexibility index (Phi) is 4.43. The molecule has 1 atom stereocenters. The van der Waals surface area contributed by atoms with E-state index < -0.39 is 0 Å². The monoisotopic (exact) mass is 372 g/mol. The zero-order valence-electron chi connectivity index (χ0n) is 13.1. The van der Waals surface area contributed by atoms with Gasteiger partial charge in [-0.1, -0.05) is 25.1 Å². The van der Waals surface area contributed by atoms with Crippen LogP contribution in [0, 0.1) is 0 Å². The van der Waals surface area contributed by atoms with E-state index in [1.807, 2.05) is 57.8 Å². The lowest BCUT2D eigenvalue weighted by Crippen LogP contribution is -2.32. The number of fused-ring (bicyclic) bond motifs is 1. The van der Waals surface area contributed by atoms with E-state index in [9.17, 15) is 4.79 Å². The number of rotatable bonds is 2. The normalized spacial score (nSPS) is 17.4. The van der Waals surface area contributed by atoms with Crippen molar-refractivity contribution < 1.29 is 4.79 Å². The molecule has 24 heavy (non-hydrogen) atoms. The summed E-state index contributed by atoms with van der Waals surface area (Å²) in [5.41, 5.74) is 1.54. The van der Waals surface area contributed by atoms with Crippen molar-refractivity contribution in [1.82, 2.24) is 4.98 Å². The molecule has 0 N–H and O–H groups in total.